The highest BCUT2D eigenvalue weighted by Gasteiger charge is 2.06. The first-order chi connectivity index (χ1) is 6.79. The maximum absolute atomic E-state index is 5.54. The monoisotopic (exact) mass is 209 g/mol. The molecule has 0 radical (unpaired) electrons. The summed E-state index contributed by atoms with van der Waals surface area (Å²) in [7, 11) is 0. The van der Waals surface area contributed by atoms with Gasteiger partial charge >= 0.3 is 0 Å². The summed E-state index contributed by atoms with van der Waals surface area (Å²) in [5.74, 6) is 0.929. The van der Waals surface area contributed by atoms with Gasteiger partial charge in [-0.2, -0.15) is 5.10 Å². The van der Waals surface area contributed by atoms with Gasteiger partial charge in [0.15, 0.2) is 5.13 Å². The van der Waals surface area contributed by atoms with Crippen LogP contribution in [0.2, 0.25) is 0 Å². The lowest BCUT2D eigenvalue weighted by atomic mass is 10.3. The van der Waals surface area contributed by atoms with Crippen molar-refractivity contribution in [3.05, 3.63) is 23.2 Å². The summed E-state index contributed by atoms with van der Waals surface area (Å²) in [6.07, 6.45) is 2.26. The minimum absolute atomic E-state index is 0.600. The van der Waals surface area contributed by atoms with Crippen molar-refractivity contribution in [3.63, 3.8) is 0 Å². The molecular weight excluding hydrogens is 198 g/mol. The van der Waals surface area contributed by atoms with Gasteiger partial charge in [0.1, 0.15) is 12.2 Å². The van der Waals surface area contributed by atoms with Crippen LogP contribution in [0.15, 0.2) is 11.7 Å². The molecule has 6 heteroatoms. The molecule has 0 unspecified atom stereocenters. The molecule has 14 heavy (non-hydrogen) atoms. The minimum Gasteiger partial charge on any atom is -0.375 e. The number of anilines is 1. The van der Waals surface area contributed by atoms with Crippen molar-refractivity contribution in [2.45, 2.75) is 19.9 Å². The number of aromatic nitrogens is 4. The average Bonchev–Trinajstić information content (AvgIpc) is 2.76. The highest BCUT2D eigenvalue weighted by atomic mass is 32.1. The van der Waals surface area contributed by atoms with Gasteiger partial charge in [0.25, 0.3) is 0 Å². The van der Waals surface area contributed by atoms with E-state index in [-0.39, 0.29) is 0 Å². The zero-order chi connectivity index (χ0) is 9.97. The Balaban J connectivity index is 2.18. The van der Waals surface area contributed by atoms with Crippen LogP contribution in [0.25, 0.3) is 0 Å². The second-order valence-electron chi connectivity index (χ2n) is 2.85. The Morgan fingerprint density at radius 2 is 2.43 bits per heavy atom. The lowest BCUT2D eigenvalue weighted by Crippen LogP contribution is -2.04. The molecule has 0 amide bonds. The van der Waals surface area contributed by atoms with E-state index in [1.165, 1.54) is 11.3 Å². The molecule has 2 aromatic rings. The van der Waals surface area contributed by atoms with Gasteiger partial charge in [-0.1, -0.05) is 0 Å². The van der Waals surface area contributed by atoms with Gasteiger partial charge in [0.2, 0.25) is 0 Å². The number of nitrogens with two attached hydrogens (primary N) is 1. The zero-order valence-electron chi connectivity index (χ0n) is 7.84. The van der Waals surface area contributed by atoms with E-state index in [1.54, 1.807) is 6.33 Å². The number of nitrogen functional groups attached to an aromatic ring is 1. The maximum Gasteiger partial charge on any atom is 0.180 e. The van der Waals surface area contributed by atoms with Crippen molar-refractivity contribution in [1.29, 1.82) is 0 Å². The highest BCUT2D eigenvalue weighted by Crippen LogP contribution is 2.13. The number of aryl methyl sites for hydroxylation is 1. The molecule has 2 rings (SSSR count). The lowest BCUT2D eigenvalue weighted by molar-refractivity contribution is 0.623. The summed E-state index contributed by atoms with van der Waals surface area (Å²) in [5, 5.41) is 6.64. The smallest absolute Gasteiger partial charge is 0.180 e. The van der Waals surface area contributed by atoms with E-state index in [1.807, 2.05) is 17.0 Å². The van der Waals surface area contributed by atoms with E-state index < -0.39 is 0 Å². The topological polar surface area (TPSA) is 69.6 Å². The molecule has 0 saturated heterocycles. The molecule has 5 nitrogen and oxygen atoms in total. The van der Waals surface area contributed by atoms with Gasteiger partial charge in [-0.05, 0) is 6.92 Å². The minimum atomic E-state index is 0.600. The van der Waals surface area contributed by atoms with E-state index in [0.29, 0.717) is 11.6 Å². The molecule has 0 bridgehead atoms. The van der Waals surface area contributed by atoms with E-state index in [0.717, 1.165) is 18.1 Å². The van der Waals surface area contributed by atoms with Crippen molar-refractivity contribution >= 4 is 16.5 Å². The molecule has 0 aliphatic heterocycles. The molecule has 0 aliphatic rings. The summed E-state index contributed by atoms with van der Waals surface area (Å²) in [4.78, 5) is 8.34. The molecular formula is C8H11N5S. The molecule has 0 atom stereocenters. The summed E-state index contributed by atoms with van der Waals surface area (Å²) < 4.78 is 1.86. The van der Waals surface area contributed by atoms with Gasteiger partial charge in [-0.3, -0.25) is 0 Å². The molecule has 2 aromatic heterocycles. The van der Waals surface area contributed by atoms with Gasteiger partial charge < -0.3 is 5.73 Å². The van der Waals surface area contributed by atoms with E-state index in [2.05, 4.69) is 15.1 Å². The van der Waals surface area contributed by atoms with Crippen LogP contribution in [0.1, 0.15) is 18.4 Å². The van der Waals surface area contributed by atoms with Gasteiger partial charge in [0, 0.05) is 11.9 Å². The first kappa shape index (κ1) is 9.14. The standard InChI is InChI=1S/C8H11N5S/c1-2-13-7(10-5-11-13)3-6-4-14-8(9)12-6/h4-5H,2-3H2,1H3,(H2,9,12). The fourth-order valence-corrected chi connectivity index (χ4v) is 1.82. The maximum atomic E-state index is 5.54. The summed E-state index contributed by atoms with van der Waals surface area (Å²) in [6.45, 7) is 2.86. The van der Waals surface area contributed by atoms with E-state index in [4.69, 9.17) is 5.73 Å². The number of rotatable bonds is 3. The normalized spacial score (nSPS) is 10.6. The fourth-order valence-electron chi connectivity index (χ4n) is 1.25. The van der Waals surface area contributed by atoms with Crippen LogP contribution in [0.5, 0.6) is 0 Å². The first-order valence-electron chi connectivity index (χ1n) is 4.36. The fraction of sp³-hybridized carbons (Fsp3) is 0.375. The third kappa shape index (κ3) is 1.74. The number of hydrogen-bond donors (Lipinski definition) is 1. The Morgan fingerprint density at radius 1 is 1.57 bits per heavy atom. The second-order valence-corrected chi connectivity index (χ2v) is 3.74. The first-order valence-corrected chi connectivity index (χ1v) is 5.24. The van der Waals surface area contributed by atoms with E-state index >= 15 is 0 Å². The zero-order valence-corrected chi connectivity index (χ0v) is 8.66. The molecule has 0 fully saturated rings. The van der Waals surface area contributed by atoms with Crippen molar-refractivity contribution in [2.24, 2.45) is 0 Å². The number of thiazole rings is 1. The molecule has 0 saturated carbocycles. The quantitative estimate of drug-likeness (QED) is 0.816. The Labute approximate surface area is 85.6 Å². The van der Waals surface area contributed by atoms with Gasteiger partial charge in [-0.25, -0.2) is 14.6 Å². The largest absolute Gasteiger partial charge is 0.375 e. The van der Waals surface area contributed by atoms with Gasteiger partial charge in [0.05, 0.1) is 12.1 Å². The van der Waals surface area contributed by atoms with Crippen LogP contribution < -0.4 is 5.73 Å². The van der Waals surface area contributed by atoms with Crippen LogP contribution in [0.3, 0.4) is 0 Å². The van der Waals surface area contributed by atoms with Crippen LogP contribution in [-0.2, 0) is 13.0 Å². The SMILES string of the molecule is CCn1ncnc1Cc1csc(N)n1. The Hall–Kier alpha value is -1.43. The average molecular weight is 209 g/mol. The Bertz CT molecular complexity index is 419. The molecule has 0 aromatic carbocycles. The van der Waals surface area contributed by atoms with Crippen molar-refractivity contribution in [2.75, 3.05) is 5.73 Å². The van der Waals surface area contributed by atoms with Crippen molar-refractivity contribution in [1.82, 2.24) is 19.7 Å². The second kappa shape index (κ2) is 3.75. The third-order valence-corrected chi connectivity index (χ3v) is 2.63. The van der Waals surface area contributed by atoms with Crippen LogP contribution >= 0.6 is 11.3 Å². The molecule has 2 heterocycles. The van der Waals surface area contributed by atoms with Gasteiger partial charge in [-0.15, -0.1) is 11.3 Å². The molecule has 0 spiro atoms. The highest BCUT2D eigenvalue weighted by molar-refractivity contribution is 7.13. The summed E-state index contributed by atoms with van der Waals surface area (Å²) >= 11 is 1.45. The summed E-state index contributed by atoms with van der Waals surface area (Å²) in [6, 6.07) is 0. The van der Waals surface area contributed by atoms with Crippen LogP contribution in [0, 0.1) is 0 Å². The lowest BCUT2D eigenvalue weighted by Gasteiger charge is -1.99. The molecule has 2 N–H and O–H groups in total. The Morgan fingerprint density at radius 3 is 3.07 bits per heavy atom. The molecule has 74 valence electrons. The van der Waals surface area contributed by atoms with Crippen LogP contribution in [-0.4, -0.2) is 19.7 Å². The molecule has 0 aliphatic carbocycles. The number of hydrogen-bond acceptors (Lipinski definition) is 5. The predicted molar refractivity (Wildman–Crippen MR) is 55.0 cm³/mol. The van der Waals surface area contributed by atoms with Crippen molar-refractivity contribution < 1.29 is 0 Å². The Kier molecular flexibility index (Phi) is 2.45. The predicted octanol–water partition coefficient (Wildman–Crippen LogP) is 0.927. The van der Waals surface area contributed by atoms with Crippen LogP contribution in [0.4, 0.5) is 5.13 Å². The third-order valence-electron chi connectivity index (χ3n) is 1.90. The number of nitrogens with zero attached hydrogens (tertiary/aromatic N) is 4. The van der Waals surface area contributed by atoms with E-state index in [9.17, 15) is 0 Å². The summed E-state index contributed by atoms with van der Waals surface area (Å²) in [5.41, 5.74) is 6.50. The van der Waals surface area contributed by atoms with Crippen molar-refractivity contribution in [3.8, 4) is 0 Å².